The number of aromatic amines is 1. The average Bonchev–Trinajstić information content (AvgIpc) is 2.69. The number of ether oxygens (including phenoxy) is 1. The summed E-state index contributed by atoms with van der Waals surface area (Å²) in [5, 5.41) is 8.93. The molecule has 1 N–H and O–H groups in total. The number of nitrogens with one attached hydrogen (secondary N) is 1. The third-order valence-corrected chi connectivity index (χ3v) is 4.88. The average molecular weight is 402 g/mol. The minimum Gasteiger partial charge on any atom is -0.497 e. The van der Waals surface area contributed by atoms with Gasteiger partial charge in [-0.3, -0.25) is 14.6 Å². The first-order valence-corrected chi connectivity index (χ1v) is 9.42. The highest BCUT2D eigenvalue weighted by Gasteiger charge is 2.11. The van der Waals surface area contributed by atoms with Crippen molar-refractivity contribution in [2.45, 2.75) is 11.6 Å². The van der Waals surface area contributed by atoms with Gasteiger partial charge in [0.1, 0.15) is 11.4 Å². The van der Waals surface area contributed by atoms with E-state index in [4.69, 9.17) is 16.3 Å². The number of benzene rings is 2. The first-order valence-electron chi connectivity index (χ1n) is 8.05. The second-order valence-corrected chi connectivity index (χ2v) is 7.05. The van der Waals surface area contributed by atoms with Gasteiger partial charge >= 0.3 is 0 Å². The van der Waals surface area contributed by atoms with Crippen molar-refractivity contribution in [3.63, 3.8) is 0 Å². The van der Waals surface area contributed by atoms with Crippen molar-refractivity contribution in [2.75, 3.05) is 12.9 Å². The Morgan fingerprint density at radius 2 is 1.96 bits per heavy atom. The zero-order valence-corrected chi connectivity index (χ0v) is 16.0. The second kappa shape index (κ2) is 8.83. The molecular weight excluding hydrogens is 386 g/mol. The Labute approximate surface area is 164 Å². The fourth-order valence-corrected chi connectivity index (χ4v) is 3.16. The topological polar surface area (TPSA) is 84.9 Å². The van der Waals surface area contributed by atoms with Crippen molar-refractivity contribution in [1.82, 2.24) is 15.2 Å². The van der Waals surface area contributed by atoms with E-state index in [9.17, 15) is 9.59 Å². The minimum absolute atomic E-state index is 0.0909. The maximum Gasteiger partial charge on any atom is 0.273 e. The van der Waals surface area contributed by atoms with E-state index in [-0.39, 0.29) is 17.1 Å². The summed E-state index contributed by atoms with van der Waals surface area (Å²) >= 11 is 6.99. The van der Waals surface area contributed by atoms with Gasteiger partial charge in [0, 0.05) is 17.0 Å². The molecule has 0 atom stereocenters. The molecule has 0 aliphatic carbocycles. The van der Waals surface area contributed by atoms with E-state index in [1.807, 2.05) is 12.1 Å². The first kappa shape index (κ1) is 19.1. The van der Waals surface area contributed by atoms with E-state index < -0.39 is 0 Å². The van der Waals surface area contributed by atoms with Gasteiger partial charge in [0.25, 0.3) is 5.56 Å². The first-order chi connectivity index (χ1) is 13.0. The van der Waals surface area contributed by atoms with Crippen LogP contribution >= 0.6 is 23.4 Å². The predicted molar refractivity (Wildman–Crippen MR) is 105 cm³/mol. The van der Waals surface area contributed by atoms with Crippen LogP contribution in [0, 0.1) is 0 Å². The normalized spacial score (nSPS) is 10.6. The van der Waals surface area contributed by atoms with E-state index in [0.29, 0.717) is 33.6 Å². The summed E-state index contributed by atoms with van der Waals surface area (Å²) in [6.45, 7) is 0. The number of aromatic nitrogens is 3. The summed E-state index contributed by atoms with van der Waals surface area (Å²) in [6.07, 6.45) is 0.354. The molecule has 27 heavy (non-hydrogen) atoms. The zero-order valence-electron chi connectivity index (χ0n) is 14.4. The number of nitrogens with zero attached hydrogens (tertiary/aromatic N) is 2. The van der Waals surface area contributed by atoms with E-state index in [2.05, 4.69) is 15.2 Å². The summed E-state index contributed by atoms with van der Waals surface area (Å²) in [7, 11) is 1.55. The summed E-state index contributed by atoms with van der Waals surface area (Å²) in [4.78, 5) is 27.2. The molecule has 2 aromatic carbocycles. The number of hydrogen-bond acceptors (Lipinski definition) is 6. The number of methoxy groups -OCH3 is 1. The van der Waals surface area contributed by atoms with Crippen molar-refractivity contribution in [3.05, 3.63) is 80.7 Å². The Hall–Kier alpha value is -2.64. The molecule has 0 unspecified atom stereocenters. The lowest BCUT2D eigenvalue weighted by molar-refractivity contribution is 0.102. The van der Waals surface area contributed by atoms with E-state index in [0.717, 1.165) is 17.3 Å². The summed E-state index contributed by atoms with van der Waals surface area (Å²) in [6, 6.07) is 14.1. The molecule has 0 fully saturated rings. The number of ketones is 1. The minimum atomic E-state index is -0.323. The molecule has 0 spiro atoms. The SMILES string of the molecule is COc1cccc(C(=O)CSc2nnc(Cc3ccc(Cl)cc3)c(=O)[nH]2)c1. The van der Waals surface area contributed by atoms with E-state index in [1.54, 1.807) is 43.5 Å². The molecule has 0 amide bonds. The highest BCUT2D eigenvalue weighted by Crippen LogP contribution is 2.17. The fourth-order valence-electron chi connectivity index (χ4n) is 2.34. The molecule has 1 heterocycles. The van der Waals surface area contributed by atoms with Gasteiger partial charge in [-0.25, -0.2) is 0 Å². The Kier molecular flexibility index (Phi) is 6.26. The molecule has 1 aromatic heterocycles. The van der Waals surface area contributed by atoms with Gasteiger partial charge in [-0.2, -0.15) is 0 Å². The Bertz CT molecular complexity index is 1010. The van der Waals surface area contributed by atoms with Crippen LogP contribution in [0.5, 0.6) is 5.75 Å². The molecule has 0 aliphatic rings. The van der Waals surface area contributed by atoms with Crippen LogP contribution < -0.4 is 10.3 Å². The predicted octanol–water partition coefficient (Wildman–Crippen LogP) is 3.39. The van der Waals surface area contributed by atoms with Gasteiger partial charge in [0.05, 0.1) is 12.9 Å². The van der Waals surface area contributed by atoms with Gasteiger partial charge in [-0.05, 0) is 29.8 Å². The van der Waals surface area contributed by atoms with Gasteiger partial charge in [0.15, 0.2) is 10.9 Å². The van der Waals surface area contributed by atoms with Crippen LogP contribution in [0.15, 0.2) is 58.5 Å². The number of halogens is 1. The maximum absolute atomic E-state index is 12.3. The third-order valence-electron chi connectivity index (χ3n) is 3.76. The monoisotopic (exact) mass is 401 g/mol. The molecular formula is C19H16ClN3O3S. The van der Waals surface area contributed by atoms with Crippen molar-refractivity contribution in [3.8, 4) is 5.75 Å². The molecule has 8 heteroatoms. The number of thioether (sulfide) groups is 1. The van der Waals surface area contributed by atoms with Gasteiger partial charge in [-0.1, -0.05) is 47.6 Å². The van der Waals surface area contributed by atoms with Crippen LogP contribution in [0.1, 0.15) is 21.6 Å². The maximum atomic E-state index is 12.3. The van der Waals surface area contributed by atoms with Crippen LogP contribution in [0.25, 0.3) is 0 Å². The lowest BCUT2D eigenvalue weighted by atomic mass is 10.1. The van der Waals surface area contributed by atoms with Crippen LogP contribution in [0.4, 0.5) is 0 Å². The van der Waals surface area contributed by atoms with Crippen molar-refractivity contribution < 1.29 is 9.53 Å². The second-order valence-electron chi connectivity index (χ2n) is 5.65. The number of Topliss-reactive ketones (excluding diaryl/α,β-unsaturated/α-hetero) is 1. The highest BCUT2D eigenvalue weighted by molar-refractivity contribution is 7.99. The van der Waals surface area contributed by atoms with Crippen LogP contribution in [0.2, 0.25) is 5.02 Å². The number of H-pyrrole nitrogens is 1. The Morgan fingerprint density at radius 3 is 2.67 bits per heavy atom. The van der Waals surface area contributed by atoms with Crippen LogP contribution in [-0.2, 0) is 6.42 Å². The zero-order chi connectivity index (χ0) is 19.2. The van der Waals surface area contributed by atoms with E-state index in [1.165, 1.54) is 0 Å². The molecule has 3 rings (SSSR count). The molecule has 6 nitrogen and oxygen atoms in total. The molecule has 0 bridgehead atoms. The van der Waals surface area contributed by atoms with Crippen LogP contribution in [-0.4, -0.2) is 33.8 Å². The van der Waals surface area contributed by atoms with Crippen molar-refractivity contribution in [2.24, 2.45) is 0 Å². The van der Waals surface area contributed by atoms with E-state index >= 15 is 0 Å². The number of carbonyl (C=O) groups is 1. The summed E-state index contributed by atoms with van der Waals surface area (Å²) in [5.41, 5.74) is 1.43. The smallest absolute Gasteiger partial charge is 0.273 e. The molecule has 0 aliphatic heterocycles. The summed E-state index contributed by atoms with van der Waals surface area (Å²) in [5.74, 6) is 0.659. The summed E-state index contributed by atoms with van der Waals surface area (Å²) < 4.78 is 5.12. The Morgan fingerprint density at radius 1 is 1.19 bits per heavy atom. The van der Waals surface area contributed by atoms with Gasteiger partial charge in [0.2, 0.25) is 0 Å². The molecule has 0 saturated carbocycles. The molecule has 3 aromatic rings. The third kappa shape index (κ3) is 5.18. The van der Waals surface area contributed by atoms with Gasteiger partial charge in [-0.15, -0.1) is 10.2 Å². The molecule has 0 saturated heterocycles. The van der Waals surface area contributed by atoms with Crippen molar-refractivity contribution in [1.29, 1.82) is 0 Å². The lowest BCUT2D eigenvalue weighted by Gasteiger charge is -2.04. The van der Waals surface area contributed by atoms with Crippen LogP contribution in [0.3, 0.4) is 0 Å². The number of rotatable bonds is 7. The quantitative estimate of drug-likeness (QED) is 0.482. The number of hydrogen-bond donors (Lipinski definition) is 1. The lowest BCUT2D eigenvalue weighted by Crippen LogP contribution is -2.18. The molecule has 0 radical (unpaired) electrons. The fraction of sp³-hybridized carbons (Fsp3) is 0.158. The largest absolute Gasteiger partial charge is 0.497 e. The Balaban J connectivity index is 1.64. The van der Waals surface area contributed by atoms with Crippen molar-refractivity contribution >= 4 is 29.1 Å². The molecule has 138 valence electrons. The van der Waals surface area contributed by atoms with Gasteiger partial charge < -0.3 is 4.74 Å². The number of carbonyl (C=O) groups excluding carboxylic acids is 1. The highest BCUT2D eigenvalue weighted by atomic mass is 35.5. The standard InChI is InChI=1S/C19H16ClN3O3S/c1-26-15-4-2-3-13(10-15)17(24)11-27-19-21-18(25)16(22-23-19)9-12-5-7-14(20)8-6-12/h2-8,10H,9,11H2,1H3,(H,21,23,25).